The Labute approximate surface area is 208 Å². The number of rotatable bonds is 6. The fourth-order valence-electron chi connectivity index (χ4n) is 4.17. The molecular formula is C27H26FN7O. The van der Waals surface area contributed by atoms with Gasteiger partial charge in [0, 0.05) is 55.1 Å². The number of pyridine rings is 1. The van der Waals surface area contributed by atoms with Gasteiger partial charge in [-0.15, -0.1) is 0 Å². The summed E-state index contributed by atoms with van der Waals surface area (Å²) >= 11 is 0. The molecule has 9 heteroatoms. The van der Waals surface area contributed by atoms with E-state index in [2.05, 4.69) is 37.4 Å². The van der Waals surface area contributed by atoms with Crippen molar-refractivity contribution in [1.29, 1.82) is 0 Å². The lowest BCUT2D eigenvalue weighted by atomic mass is 10.0. The molecule has 3 heterocycles. The molecule has 0 saturated carbocycles. The van der Waals surface area contributed by atoms with Crippen LogP contribution in [0.1, 0.15) is 0 Å². The molecule has 1 aliphatic heterocycles. The van der Waals surface area contributed by atoms with Gasteiger partial charge < -0.3 is 20.4 Å². The summed E-state index contributed by atoms with van der Waals surface area (Å²) in [4.78, 5) is 30.2. The third-order valence-electron chi connectivity index (χ3n) is 6.10. The van der Waals surface area contributed by atoms with Gasteiger partial charge in [0.05, 0.1) is 23.7 Å². The average molecular weight is 484 g/mol. The number of fused-ring (bicyclic) bond motifs is 1. The predicted molar refractivity (Wildman–Crippen MR) is 141 cm³/mol. The molecule has 1 fully saturated rings. The van der Waals surface area contributed by atoms with Gasteiger partial charge in [0.2, 0.25) is 5.95 Å². The Hall–Kier alpha value is -4.37. The molecule has 1 saturated heterocycles. The Kier molecular flexibility index (Phi) is 6.81. The minimum atomic E-state index is -0.534. The third-order valence-corrected chi connectivity index (χ3v) is 6.10. The van der Waals surface area contributed by atoms with Crippen LogP contribution in [0.15, 0.2) is 79.4 Å². The summed E-state index contributed by atoms with van der Waals surface area (Å²) in [5.74, 6) is 0.889. The number of benzene rings is 2. The van der Waals surface area contributed by atoms with E-state index in [0.29, 0.717) is 11.6 Å². The van der Waals surface area contributed by atoms with Crippen LogP contribution in [0.2, 0.25) is 0 Å². The maximum absolute atomic E-state index is 12.3. The minimum absolute atomic E-state index is 0.213. The van der Waals surface area contributed by atoms with Crippen LogP contribution in [-0.2, 0) is 4.79 Å². The molecule has 0 unspecified atom stereocenters. The standard InChI is InChI=1S/C27H26FN7O/c1-34-12-14-35(15-13-34)24-9-8-22(18-29-24)32-27-30-17-20-5-3-7-23(26(20)33-27)19-4-2-6-21(16-19)31-25(36)10-11-28/h2-11,16-18H,12-15H2,1H3,(H,31,36)(H,30,32,33). The first-order valence-corrected chi connectivity index (χ1v) is 11.7. The second-order valence-corrected chi connectivity index (χ2v) is 8.62. The Morgan fingerprint density at radius 3 is 2.58 bits per heavy atom. The van der Waals surface area contributed by atoms with Crippen LogP contribution < -0.4 is 15.5 Å². The van der Waals surface area contributed by atoms with Gasteiger partial charge in [-0.05, 0) is 36.9 Å². The second-order valence-electron chi connectivity index (χ2n) is 8.62. The van der Waals surface area contributed by atoms with Crippen molar-refractivity contribution in [2.24, 2.45) is 0 Å². The van der Waals surface area contributed by atoms with Gasteiger partial charge >= 0.3 is 0 Å². The van der Waals surface area contributed by atoms with Gasteiger partial charge in [-0.25, -0.2) is 19.3 Å². The molecule has 4 aromatic rings. The summed E-state index contributed by atoms with van der Waals surface area (Å²) in [5.41, 5.74) is 3.88. The van der Waals surface area contributed by atoms with Crippen molar-refractivity contribution in [3.05, 3.63) is 79.4 Å². The largest absolute Gasteiger partial charge is 0.354 e. The van der Waals surface area contributed by atoms with E-state index in [4.69, 9.17) is 4.98 Å². The van der Waals surface area contributed by atoms with Crippen molar-refractivity contribution >= 4 is 40.0 Å². The highest BCUT2D eigenvalue weighted by atomic mass is 19.1. The van der Waals surface area contributed by atoms with E-state index in [1.165, 1.54) is 0 Å². The molecule has 8 nitrogen and oxygen atoms in total. The van der Waals surface area contributed by atoms with Crippen LogP contribution in [0.3, 0.4) is 0 Å². The average Bonchev–Trinajstić information content (AvgIpc) is 2.89. The number of piperazine rings is 1. The van der Waals surface area contributed by atoms with Gasteiger partial charge in [0.15, 0.2) is 0 Å². The Morgan fingerprint density at radius 2 is 1.81 bits per heavy atom. The maximum Gasteiger partial charge on any atom is 0.250 e. The van der Waals surface area contributed by atoms with Crippen molar-refractivity contribution in [2.45, 2.75) is 0 Å². The summed E-state index contributed by atoms with van der Waals surface area (Å²) in [5, 5.41) is 6.79. The van der Waals surface area contributed by atoms with Crippen LogP contribution in [0.25, 0.3) is 22.0 Å². The fraction of sp³-hybridized carbons (Fsp3) is 0.185. The molecule has 182 valence electrons. The van der Waals surface area contributed by atoms with E-state index in [-0.39, 0.29) is 6.33 Å². The number of nitrogens with one attached hydrogen (secondary N) is 2. The molecule has 1 amide bonds. The van der Waals surface area contributed by atoms with Crippen molar-refractivity contribution in [1.82, 2.24) is 19.9 Å². The number of anilines is 4. The van der Waals surface area contributed by atoms with Crippen molar-refractivity contribution in [3.8, 4) is 11.1 Å². The number of carbonyl (C=O) groups is 1. The maximum atomic E-state index is 12.3. The van der Waals surface area contributed by atoms with Crippen molar-refractivity contribution in [3.63, 3.8) is 0 Å². The number of carbonyl (C=O) groups excluding carboxylic acids is 1. The Bertz CT molecular complexity index is 1400. The van der Waals surface area contributed by atoms with E-state index < -0.39 is 5.91 Å². The molecule has 0 spiro atoms. The topological polar surface area (TPSA) is 86.3 Å². The van der Waals surface area contributed by atoms with Gasteiger partial charge in [-0.1, -0.05) is 30.3 Å². The monoisotopic (exact) mass is 483 g/mol. The Morgan fingerprint density at radius 1 is 0.972 bits per heavy atom. The van der Waals surface area contributed by atoms with E-state index in [1.54, 1.807) is 18.5 Å². The van der Waals surface area contributed by atoms with Gasteiger partial charge in [-0.3, -0.25) is 4.79 Å². The number of likely N-dealkylation sites (N-methyl/N-ethyl adjacent to an activating group) is 1. The quantitative estimate of drug-likeness (QED) is 0.388. The zero-order valence-corrected chi connectivity index (χ0v) is 19.9. The first-order valence-electron chi connectivity index (χ1n) is 11.7. The summed E-state index contributed by atoms with van der Waals surface area (Å²) in [7, 11) is 2.13. The van der Waals surface area contributed by atoms with Gasteiger partial charge in [0.1, 0.15) is 5.82 Å². The number of amides is 1. The van der Waals surface area contributed by atoms with Crippen LogP contribution in [0.5, 0.6) is 0 Å². The predicted octanol–water partition coefficient (Wildman–Crippen LogP) is 4.61. The molecule has 36 heavy (non-hydrogen) atoms. The zero-order chi connectivity index (χ0) is 24.9. The van der Waals surface area contributed by atoms with E-state index in [0.717, 1.165) is 65.8 Å². The molecule has 0 aliphatic carbocycles. The highest BCUT2D eigenvalue weighted by molar-refractivity contribution is 6.00. The smallest absolute Gasteiger partial charge is 0.250 e. The second kappa shape index (κ2) is 10.5. The summed E-state index contributed by atoms with van der Waals surface area (Å²) < 4.78 is 12.3. The van der Waals surface area contributed by atoms with Gasteiger partial charge in [0.25, 0.3) is 5.91 Å². The zero-order valence-electron chi connectivity index (χ0n) is 19.9. The van der Waals surface area contributed by atoms with Gasteiger partial charge in [-0.2, -0.15) is 0 Å². The molecule has 2 N–H and O–H groups in total. The van der Waals surface area contributed by atoms with Crippen LogP contribution >= 0.6 is 0 Å². The van der Waals surface area contributed by atoms with Crippen LogP contribution in [0.4, 0.5) is 27.5 Å². The molecular weight excluding hydrogens is 457 g/mol. The molecule has 0 radical (unpaired) electrons. The lowest BCUT2D eigenvalue weighted by Gasteiger charge is -2.33. The lowest BCUT2D eigenvalue weighted by molar-refractivity contribution is -0.111. The number of hydrogen-bond acceptors (Lipinski definition) is 7. The van der Waals surface area contributed by atoms with Crippen molar-refractivity contribution in [2.75, 3.05) is 48.8 Å². The lowest BCUT2D eigenvalue weighted by Crippen LogP contribution is -2.44. The number of hydrogen-bond donors (Lipinski definition) is 2. The molecule has 2 aromatic heterocycles. The normalized spacial score (nSPS) is 14.3. The first kappa shape index (κ1) is 23.4. The number of aromatic nitrogens is 3. The molecule has 2 aromatic carbocycles. The number of para-hydroxylation sites is 1. The molecule has 1 aliphatic rings. The van der Waals surface area contributed by atoms with E-state index in [1.807, 2.05) is 48.5 Å². The van der Waals surface area contributed by atoms with Crippen LogP contribution in [0, 0.1) is 0 Å². The SMILES string of the molecule is CN1CCN(c2ccc(Nc3ncc4cccc(-c5cccc(NC(=O)C=CF)c5)c4n3)cn2)CC1. The first-order chi connectivity index (χ1) is 17.6. The summed E-state index contributed by atoms with van der Waals surface area (Å²) in [6, 6.07) is 17.2. The van der Waals surface area contributed by atoms with Crippen molar-refractivity contribution < 1.29 is 9.18 Å². The van der Waals surface area contributed by atoms with E-state index in [9.17, 15) is 9.18 Å². The highest BCUT2D eigenvalue weighted by Gasteiger charge is 2.15. The molecule has 5 rings (SSSR count). The third kappa shape index (κ3) is 5.31. The summed E-state index contributed by atoms with van der Waals surface area (Å²) in [6.07, 6.45) is 4.62. The number of nitrogens with zero attached hydrogens (tertiary/aromatic N) is 5. The summed E-state index contributed by atoms with van der Waals surface area (Å²) in [6.45, 7) is 3.98. The molecule has 0 atom stereocenters. The minimum Gasteiger partial charge on any atom is -0.354 e. The Balaban J connectivity index is 1.38. The number of halogens is 1. The highest BCUT2D eigenvalue weighted by Crippen LogP contribution is 2.30. The fourth-order valence-corrected chi connectivity index (χ4v) is 4.17. The molecule has 0 bridgehead atoms. The van der Waals surface area contributed by atoms with Crippen LogP contribution in [-0.4, -0.2) is 59.0 Å². The van der Waals surface area contributed by atoms with E-state index >= 15 is 0 Å².